The molecule has 1 unspecified atom stereocenters. The van der Waals surface area contributed by atoms with Crippen molar-refractivity contribution in [2.24, 2.45) is 11.8 Å². The summed E-state index contributed by atoms with van der Waals surface area (Å²) < 4.78 is 4.08. The fourth-order valence-corrected chi connectivity index (χ4v) is 7.92. The van der Waals surface area contributed by atoms with Gasteiger partial charge in [-0.1, -0.05) is 44.1 Å². The second kappa shape index (κ2) is 9.21. The summed E-state index contributed by atoms with van der Waals surface area (Å²) in [5.74, 6) is -1.90. The van der Waals surface area contributed by atoms with Crippen LogP contribution in [-0.2, 0) is 19.1 Å². The highest BCUT2D eigenvalue weighted by atomic mass is 32.2. The Bertz CT molecular complexity index is 829. The molecule has 4 aliphatic rings. The van der Waals surface area contributed by atoms with Gasteiger partial charge in [-0.3, -0.25) is 14.4 Å². The largest absolute Gasteiger partial charge is 0.465 e. The van der Waals surface area contributed by atoms with Gasteiger partial charge in [-0.05, 0) is 26.2 Å². The van der Waals surface area contributed by atoms with Crippen molar-refractivity contribution in [2.75, 3.05) is 32.8 Å². The molecule has 0 aromatic rings. The van der Waals surface area contributed by atoms with Crippen molar-refractivity contribution in [3.05, 3.63) is 24.3 Å². The summed E-state index contributed by atoms with van der Waals surface area (Å²) in [6, 6.07) is -0.678. The second-order valence-corrected chi connectivity index (χ2v) is 11.1. The van der Waals surface area contributed by atoms with Crippen LogP contribution in [0.1, 0.15) is 46.0 Å². The average molecular weight is 463 g/mol. The number of hydrogen-bond donors (Lipinski definition) is 1. The number of esters is 1. The SMILES string of the molecule is CCCCCN1CC=C[C@]23S[C@@]4(C)C=CCCOC(=O)[C@H]4[C@H]2C(=O)N(CCCO)C3C1=O. The Hall–Kier alpha value is -1.80. The second-order valence-electron chi connectivity index (χ2n) is 9.36. The maximum absolute atomic E-state index is 13.9. The third-order valence-corrected chi connectivity index (χ3v) is 8.99. The zero-order valence-corrected chi connectivity index (χ0v) is 19.8. The Kier molecular flexibility index (Phi) is 6.73. The van der Waals surface area contributed by atoms with Crippen molar-refractivity contribution in [1.29, 1.82) is 0 Å². The molecule has 5 atom stereocenters. The molecule has 0 aliphatic carbocycles. The fraction of sp³-hybridized carbons (Fsp3) is 0.708. The van der Waals surface area contributed by atoms with E-state index in [1.807, 2.05) is 36.1 Å². The van der Waals surface area contributed by atoms with Gasteiger partial charge in [0.25, 0.3) is 0 Å². The van der Waals surface area contributed by atoms with E-state index in [0.717, 1.165) is 19.3 Å². The van der Waals surface area contributed by atoms with Gasteiger partial charge in [-0.25, -0.2) is 0 Å². The van der Waals surface area contributed by atoms with E-state index in [4.69, 9.17) is 4.74 Å². The number of rotatable bonds is 7. The first-order valence-electron chi connectivity index (χ1n) is 11.8. The minimum atomic E-state index is -0.823. The van der Waals surface area contributed by atoms with Gasteiger partial charge in [0.05, 0.1) is 23.2 Å². The van der Waals surface area contributed by atoms with E-state index >= 15 is 0 Å². The minimum Gasteiger partial charge on any atom is -0.465 e. The molecule has 4 aliphatic heterocycles. The lowest BCUT2D eigenvalue weighted by atomic mass is 9.74. The Labute approximate surface area is 194 Å². The first kappa shape index (κ1) is 23.4. The number of amides is 2. The third kappa shape index (κ3) is 3.69. The number of hydrogen-bond acceptors (Lipinski definition) is 6. The van der Waals surface area contributed by atoms with E-state index in [0.29, 0.717) is 39.1 Å². The van der Waals surface area contributed by atoms with Crippen LogP contribution in [0, 0.1) is 11.8 Å². The number of cyclic esters (lactones) is 1. The zero-order chi connectivity index (χ0) is 22.9. The van der Waals surface area contributed by atoms with Gasteiger partial charge < -0.3 is 19.6 Å². The van der Waals surface area contributed by atoms with E-state index in [9.17, 15) is 19.5 Å². The number of thioether (sulfide) groups is 1. The van der Waals surface area contributed by atoms with Crippen LogP contribution in [0.3, 0.4) is 0 Å². The van der Waals surface area contributed by atoms with Gasteiger partial charge >= 0.3 is 5.97 Å². The summed E-state index contributed by atoms with van der Waals surface area (Å²) in [7, 11) is 0. The van der Waals surface area contributed by atoms with Crippen LogP contribution in [0.15, 0.2) is 24.3 Å². The maximum Gasteiger partial charge on any atom is 0.311 e. The van der Waals surface area contributed by atoms with Gasteiger partial charge in [0.1, 0.15) is 6.04 Å². The number of aliphatic hydroxyl groups excluding tert-OH is 1. The molecule has 2 fully saturated rings. The zero-order valence-electron chi connectivity index (χ0n) is 19.0. The topological polar surface area (TPSA) is 87.2 Å². The van der Waals surface area contributed by atoms with E-state index in [-0.39, 0.29) is 24.4 Å². The van der Waals surface area contributed by atoms with Crippen LogP contribution < -0.4 is 0 Å². The highest BCUT2D eigenvalue weighted by Crippen LogP contribution is 2.65. The van der Waals surface area contributed by atoms with Gasteiger partial charge in [0.2, 0.25) is 11.8 Å². The van der Waals surface area contributed by atoms with Gasteiger partial charge in [-0.15, -0.1) is 11.8 Å². The first-order chi connectivity index (χ1) is 15.4. The molecule has 0 radical (unpaired) electrons. The lowest BCUT2D eigenvalue weighted by molar-refractivity contribution is -0.154. The number of fused-ring (bicyclic) bond motifs is 2. The van der Waals surface area contributed by atoms with Crippen molar-refractivity contribution in [3.8, 4) is 0 Å². The lowest BCUT2D eigenvalue weighted by Crippen LogP contribution is -2.53. The summed E-state index contributed by atoms with van der Waals surface area (Å²) in [5.41, 5.74) is 0. The predicted octanol–water partition coefficient (Wildman–Crippen LogP) is 2.15. The van der Waals surface area contributed by atoms with Crippen molar-refractivity contribution in [3.63, 3.8) is 0 Å². The first-order valence-corrected chi connectivity index (χ1v) is 12.6. The smallest absolute Gasteiger partial charge is 0.311 e. The number of carbonyl (C=O) groups is 3. The highest BCUT2D eigenvalue weighted by Gasteiger charge is 2.73. The third-order valence-electron chi connectivity index (χ3n) is 7.19. The number of ether oxygens (including phenoxy) is 1. The number of aliphatic hydroxyl groups is 1. The predicted molar refractivity (Wildman–Crippen MR) is 123 cm³/mol. The monoisotopic (exact) mass is 462 g/mol. The van der Waals surface area contributed by atoms with Crippen molar-refractivity contribution >= 4 is 29.5 Å². The number of carbonyl (C=O) groups excluding carboxylic acids is 3. The molecule has 4 heterocycles. The molecule has 0 saturated carbocycles. The number of nitrogens with zero attached hydrogens (tertiary/aromatic N) is 2. The van der Waals surface area contributed by atoms with Crippen LogP contribution in [-0.4, -0.2) is 81.1 Å². The molecule has 2 amide bonds. The Morgan fingerprint density at radius 1 is 1.09 bits per heavy atom. The van der Waals surface area contributed by atoms with E-state index in [1.165, 1.54) is 0 Å². The van der Waals surface area contributed by atoms with E-state index < -0.39 is 27.4 Å². The van der Waals surface area contributed by atoms with Crippen LogP contribution in [0.25, 0.3) is 0 Å². The summed E-state index contributed by atoms with van der Waals surface area (Å²) in [6.45, 7) is 5.83. The highest BCUT2D eigenvalue weighted by molar-refractivity contribution is 8.02. The number of unbranched alkanes of at least 4 members (excludes halogenated alkanes) is 2. The molecule has 4 rings (SSSR count). The molecule has 0 aromatic carbocycles. The quantitative estimate of drug-likeness (QED) is 0.354. The molecule has 1 N–H and O–H groups in total. The minimum absolute atomic E-state index is 0.0531. The molecular weight excluding hydrogens is 428 g/mol. The molecule has 1 spiro atoms. The Morgan fingerprint density at radius 3 is 2.66 bits per heavy atom. The van der Waals surface area contributed by atoms with Crippen molar-refractivity contribution in [2.45, 2.75) is 61.5 Å². The summed E-state index contributed by atoms with van der Waals surface area (Å²) in [4.78, 5) is 44.3. The van der Waals surface area contributed by atoms with Crippen molar-refractivity contribution in [1.82, 2.24) is 9.80 Å². The van der Waals surface area contributed by atoms with E-state index in [1.54, 1.807) is 16.7 Å². The molecule has 2 saturated heterocycles. The number of likely N-dealkylation sites (tertiary alicyclic amines) is 1. The molecule has 0 aromatic heterocycles. The van der Waals surface area contributed by atoms with Crippen LogP contribution in [0.5, 0.6) is 0 Å². The van der Waals surface area contributed by atoms with Crippen molar-refractivity contribution < 1.29 is 24.2 Å². The van der Waals surface area contributed by atoms with Crippen LogP contribution in [0.4, 0.5) is 0 Å². The summed E-state index contributed by atoms with van der Waals surface area (Å²) >= 11 is 1.57. The van der Waals surface area contributed by atoms with Gasteiger partial charge in [0.15, 0.2) is 0 Å². The van der Waals surface area contributed by atoms with Crippen LogP contribution >= 0.6 is 11.8 Å². The maximum atomic E-state index is 13.9. The standard InChI is InChI=1S/C24H34N2O5S/c1-3-4-6-12-25-13-8-11-24-17(20(28)26(14-9-15-27)19(24)21(25)29)18-22(30)31-16-7-5-10-23(18,2)32-24/h5,8,10-11,17-19,27H,3-4,6-7,9,12-16H2,1-2H3/t17-,18+,19?,23-,24-/m0/s1. The van der Waals surface area contributed by atoms with Gasteiger partial charge in [0, 0.05) is 31.0 Å². The Morgan fingerprint density at radius 2 is 1.91 bits per heavy atom. The molecule has 8 heteroatoms. The molecule has 7 nitrogen and oxygen atoms in total. The van der Waals surface area contributed by atoms with E-state index in [2.05, 4.69) is 6.92 Å². The summed E-state index contributed by atoms with van der Waals surface area (Å²) in [6.07, 6.45) is 12.2. The van der Waals surface area contributed by atoms with Crippen LogP contribution in [0.2, 0.25) is 0 Å². The molecular formula is C24H34N2O5S. The Balaban J connectivity index is 1.78. The molecule has 32 heavy (non-hydrogen) atoms. The van der Waals surface area contributed by atoms with Gasteiger partial charge in [-0.2, -0.15) is 0 Å². The molecule has 176 valence electrons. The normalized spacial score (nSPS) is 36.3. The summed E-state index contributed by atoms with van der Waals surface area (Å²) in [5, 5.41) is 9.43. The lowest BCUT2D eigenvalue weighted by Gasteiger charge is -2.37. The average Bonchev–Trinajstić information content (AvgIpc) is 3.07. The molecule has 0 bridgehead atoms. The fourth-order valence-electron chi connectivity index (χ4n) is 5.77.